The topological polar surface area (TPSA) is 38.7 Å². The molecule has 0 aliphatic rings. The molecule has 0 heterocycles. The highest BCUT2D eigenvalue weighted by Gasteiger charge is 2.02. The lowest BCUT2D eigenvalue weighted by Gasteiger charge is -2.07. The van der Waals surface area contributed by atoms with Gasteiger partial charge in [0.25, 0.3) is 0 Å². The molecule has 0 amide bonds. The highest BCUT2D eigenvalue weighted by atomic mass is 16.5. The maximum Gasteiger partial charge on any atom is 0.128 e. The van der Waals surface area contributed by atoms with Crippen molar-refractivity contribution in [1.82, 2.24) is 0 Å². The molecule has 0 aliphatic heterocycles. The number of benzene rings is 1. The van der Waals surface area contributed by atoms with Crippen molar-refractivity contribution in [3.05, 3.63) is 30.9 Å². The van der Waals surface area contributed by atoms with Crippen molar-refractivity contribution in [3.8, 4) is 11.5 Å². The van der Waals surface area contributed by atoms with Gasteiger partial charge in [-0.15, -0.1) is 0 Å². The summed E-state index contributed by atoms with van der Waals surface area (Å²) < 4.78 is 9.76. The Bertz CT molecular complexity index is 258. The molecule has 0 atom stereocenters. The third-order valence-electron chi connectivity index (χ3n) is 1.60. The number of aliphatic hydroxyl groups is 1. The Kier molecular flexibility index (Phi) is 2.94. The van der Waals surface area contributed by atoms with Crippen molar-refractivity contribution >= 4 is 0 Å². The average molecular weight is 167 g/mol. The molecule has 0 aromatic heterocycles. The quantitative estimate of drug-likeness (QED) is 0.738. The Labute approximate surface area is 71.5 Å². The number of rotatable bonds is 3. The average Bonchev–Trinajstić information content (AvgIpc) is 2.16. The van der Waals surface area contributed by atoms with Gasteiger partial charge in [0.2, 0.25) is 0 Å². The van der Waals surface area contributed by atoms with Crippen molar-refractivity contribution < 1.29 is 14.6 Å². The third-order valence-corrected chi connectivity index (χ3v) is 1.60. The van der Waals surface area contributed by atoms with Crippen LogP contribution in [0.15, 0.2) is 18.2 Å². The van der Waals surface area contributed by atoms with Crippen LogP contribution in [0.5, 0.6) is 11.5 Å². The van der Waals surface area contributed by atoms with Crippen LogP contribution in [-0.4, -0.2) is 12.2 Å². The van der Waals surface area contributed by atoms with E-state index in [0.29, 0.717) is 11.5 Å². The SMILES string of the molecule is [CH2]Oc1ccc(CO)c(OC)c1. The van der Waals surface area contributed by atoms with E-state index in [-0.39, 0.29) is 6.61 Å². The summed E-state index contributed by atoms with van der Waals surface area (Å²) in [6.45, 7) is -0.0411. The summed E-state index contributed by atoms with van der Waals surface area (Å²) in [5.74, 6) is 1.22. The minimum absolute atomic E-state index is 0.0411. The summed E-state index contributed by atoms with van der Waals surface area (Å²) in [5, 5.41) is 8.88. The summed E-state index contributed by atoms with van der Waals surface area (Å²) in [6, 6.07) is 5.14. The first-order chi connectivity index (χ1) is 5.81. The number of methoxy groups -OCH3 is 1. The van der Waals surface area contributed by atoms with Gasteiger partial charge in [-0.25, -0.2) is 0 Å². The van der Waals surface area contributed by atoms with E-state index in [0.717, 1.165) is 5.56 Å². The van der Waals surface area contributed by atoms with Gasteiger partial charge in [0.05, 0.1) is 13.7 Å². The highest BCUT2D eigenvalue weighted by Crippen LogP contribution is 2.24. The predicted molar refractivity (Wildman–Crippen MR) is 44.9 cm³/mol. The minimum atomic E-state index is -0.0411. The molecule has 1 aromatic rings. The fourth-order valence-corrected chi connectivity index (χ4v) is 0.945. The third kappa shape index (κ3) is 1.68. The fourth-order valence-electron chi connectivity index (χ4n) is 0.945. The molecule has 65 valence electrons. The molecule has 1 N–H and O–H groups in total. The zero-order valence-corrected chi connectivity index (χ0v) is 6.91. The van der Waals surface area contributed by atoms with Crippen molar-refractivity contribution in [2.24, 2.45) is 0 Å². The van der Waals surface area contributed by atoms with E-state index >= 15 is 0 Å². The number of aliphatic hydroxyl groups excluding tert-OH is 1. The van der Waals surface area contributed by atoms with Gasteiger partial charge >= 0.3 is 0 Å². The van der Waals surface area contributed by atoms with Crippen LogP contribution in [0.3, 0.4) is 0 Å². The second kappa shape index (κ2) is 3.97. The molecule has 0 unspecified atom stereocenters. The van der Waals surface area contributed by atoms with Crippen molar-refractivity contribution in [2.45, 2.75) is 6.61 Å². The first kappa shape index (κ1) is 8.87. The van der Waals surface area contributed by atoms with Gasteiger partial charge in [-0.2, -0.15) is 0 Å². The zero-order valence-electron chi connectivity index (χ0n) is 6.91. The van der Waals surface area contributed by atoms with Crippen molar-refractivity contribution in [3.63, 3.8) is 0 Å². The van der Waals surface area contributed by atoms with Crippen LogP contribution in [0.2, 0.25) is 0 Å². The molecule has 0 aliphatic carbocycles. The Morgan fingerprint density at radius 3 is 2.75 bits per heavy atom. The molecule has 1 radical (unpaired) electrons. The Balaban J connectivity index is 3.02. The first-order valence-corrected chi connectivity index (χ1v) is 3.51. The minimum Gasteiger partial charge on any atom is -0.496 e. The van der Waals surface area contributed by atoms with Crippen LogP contribution in [0.25, 0.3) is 0 Å². The molecule has 1 aromatic carbocycles. The van der Waals surface area contributed by atoms with E-state index < -0.39 is 0 Å². The van der Waals surface area contributed by atoms with Crippen LogP contribution in [0.4, 0.5) is 0 Å². The van der Waals surface area contributed by atoms with E-state index in [4.69, 9.17) is 14.6 Å². The Morgan fingerprint density at radius 2 is 2.25 bits per heavy atom. The first-order valence-electron chi connectivity index (χ1n) is 3.51. The lowest BCUT2D eigenvalue weighted by molar-refractivity contribution is 0.273. The van der Waals surface area contributed by atoms with Crippen LogP contribution in [0, 0.1) is 7.11 Å². The van der Waals surface area contributed by atoms with Crippen molar-refractivity contribution in [2.75, 3.05) is 7.11 Å². The molecule has 0 saturated carbocycles. The number of hydrogen-bond acceptors (Lipinski definition) is 3. The van der Waals surface area contributed by atoms with Crippen LogP contribution >= 0.6 is 0 Å². The summed E-state index contributed by atoms with van der Waals surface area (Å²) in [4.78, 5) is 0. The molecule has 3 nitrogen and oxygen atoms in total. The van der Waals surface area contributed by atoms with E-state index in [9.17, 15) is 0 Å². The van der Waals surface area contributed by atoms with Gasteiger partial charge < -0.3 is 14.6 Å². The van der Waals surface area contributed by atoms with Gasteiger partial charge in [-0.1, -0.05) is 0 Å². The summed E-state index contributed by atoms with van der Waals surface area (Å²) in [5.41, 5.74) is 0.735. The second-order valence-corrected chi connectivity index (χ2v) is 2.28. The monoisotopic (exact) mass is 167 g/mol. The van der Waals surface area contributed by atoms with Gasteiger partial charge in [0.15, 0.2) is 0 Å². The summed E-state index contributed by atoms with van der Waals surface area (Å²) in [6.07, 6.45) is 0. The van der Waals surface area contributed by atoms with E-state index in [2.05, 4.69) is 7.11 Å². The Morgan fingerprint density at radius 1 is 1.50 bits per heavy atom. The van der Waals surface area contributed by atoms with E-state index in [1.807, 2.05) is 0 Å². The van der Waals surface area contributed by atoms with Crippen LogP contribution in [0.1, 0.15) is 5.56 Å². The fraction of sp³-hybridized carbons (Fsp3) is 0.222. The molecule has 0 spiro atoms. The molecular formula is C9H11O3. The number of hydrogen-bond donors (Lipinski definition) is 1. The Hall–Kier alpha value is -1.22. The molecule has 0 bridgehead atoms. The summed E-state index contributed by atoms with van der Waals surface area (Å²) in [7, 11) is 4.81. The lowest BCUT2D eigenvalue weighted by Crippen LogP contribution is -1.92. The maximum absolute atomic E-state index is 8.88. The second-order valence-electron chi connectivity index (χ2n) is 2.28. The largest absolute Gasteiger partial charge is 0.496 e. The normalized spacial score (nSPS) is 9.58. The molecule has 0 saturated heterocycles. The van der Waals surface area contributed by atoms with Crippen molar-refractivity contribution in [1.29, 1.82) is 0 Å². The van der Waals surface area contributed by atoms with E-state index in [1.54, 1.807) is 25.3 Å². The van der Waals surface area contributed by atoms with Gasteiger partial charge in [-0.05, 0) is 12.1 Å². The lowest BCUT2D eigenvalue weighted by atomic mass is 10.2. The summed E-state index contributed by atoms with van der Waals surface area (Å²) >= 11 is 0. The zero-order chi connectivity index (χ0) is 8.97. The highest BCUT2D eigenvalue weighted by molar-refractivity contribution is 5.40. The molecule has 1 rings (SSSR count). The van der Waals surface area contributed by atoms with Gasteiger partial charge in [0.1, 0.15) is 18.6 Å². The van der Waals surface area contributed by atoms with Gasteiger partial charge in [-0.3, -0.25) is 0 Å². The van der Waals surface area contributed by atoms with Crippen LogP contribution < -0.4 is 9.47 Å². The molecule has 0 fully saturated rings. The smallest absolute Gasteiger partial charge is 0.128 e. The van der Waals surface area contributed by atoms with Gasteiger partial charge in [0, 0.05) is 11.6 Å². The maximum atomic E-state index is 8.88. The van der Waals surface area contributed by atoms with Crippen LogP contribution in [-0.2, 0) is 6.61 Å². The predicted octanol–water partition coefficient (Wildman–Crippen LogP) is 1.36. The van der Waals surface area contributed by atoms with E-state index in [1.165, 1.54) is 0 Å². The molecule has 12 heavy (non-hydrogen) atoms. The molecular weight excluding hydrogens is 156 g/mol. The number of ether oxygens (including phenoxy) is 2. The molecule has 3 heteroatoms. The standard InChI is InChI=1S/C9H11O3/c1-11-8-4-3-7(6-10)9(5-8)12-2/h3-5,10H,1,6H2,2H3.